The molecule has 0 radical (unpaired) electrons. The Labute approximate surface area is 154 Å². The van der Waals surface area contributed by atoms with Crippen LogP contribution in [0.5, 0.6) is 17.2 Å². The smallest absolute Gasteiger partial charge is 0.220 e. The Kier molecular flexibility index (Phi) is 6.00. The molecule has 1 N–H and O–H groups in total. The fraction of sp³-hybridized carbons (Fsp3) is 0.381. The van der Waals surface area contributed by atoms with Crippen molar-refractivity contribution in [3.05, 3.63) is 53.1 Å². The van der Waals surface area contributed by atoms with E-state index in [4.69, 9.17) is 14.2 Å². The number of hydrogen-bond acceptors (Lipinski definition) is 4. The molecule has 5 heteroatoms. The molecule has 1 aliphatic heterocycles. The second-order valence-corrected chi connectivity index (χ2v) is 6.45. The van der Waals surface area contributed by atoms with Gasteiger partial charge in [-0.25, -0.2) is 0 Å². The predicted octanol–water partition coefficient (Wildman–Crippen LogP) is 3.20. The summed E-state index contributed by atoms with van der Waals surface area (Å²) >= 11 is 0. The van der Waals surface area contributed by atoms with Crippen molar-refractivity contribution in [3.8, 4) is 17.2 Å². The van der Waals surface area contributed by atoms with Crippen LogP contribution in [-0.4, -0.2) is 32.3 Å². The van der Waals surface area contributed by atoms with Crippen molar-refractivity contribution >= 4 is 5.91 Å². The largest absolute Gasteiger partial charge is 0.491 e. The Morgan fingerprint density at radius 2 is 1.88 bits per heavy atom. The van der Waals surface area contributed by atoms with Gasteiger partial charge in [-0.15, -0.1) is 0 Å². The van der Waals surface area contributed by atoms with Gasteiger partial charge in [0.1, 0.15) is 25.6 Å². The van der Waals surface area contributed by atoms with Crippen molar-refractivity contribution in [2.45, 2.75) is 26.7 Å². The summed E-state index contributed by atoms with van der Waals surface area (Å²) in [4.78, 5) is 12.0. The van der Waals surface area contributed by atoms with Gasteiger partial charge < -0.3 is 19.5 Å². The lowest BCUT2D eigenvalue weighted by atomic mass is 10.1. The zero-order valence-corrected chi connectivity index (χ0v) is 15.3. The fourth-order valence-electron chi connectivity index (χ4n) is 2.80. The normalized spacial score (nSPS) is 12.5. The summed E-state index contributed by atoms with van der Waals surface area (Å²) in [7, 11) is 0. The molecule has 0 unspecified atom stereocenters. The van der Waals surface area contributed by atoms with Crippen molar-refractivity contribution in [1.29, 1.82) is 0 Å². The monoisotopic (exact) mass is 355 g/mol. The van der Waals surface area contributed by atoms with Gasteiger partial charge in [0.05, 0.1) is 6.54 Å². The third-order valence-electron chi connectivity index (χ3n) is 4.27. The van der Waals surface area contributed by atoms with Crippen LogP contribution in [0.25, 0.3) is 0 Å². The number of amides is 1. The van der Waals surface area contributed by atoms with E-state index in [0.29, 0.717) is 39.2 Å². The van der Waals surface area contributed by atoms with E-state index in [1.807, 2.05) is 44.2 Å². The van der Waals surface area contributed by atoms with Crippen LogP contribution in [0.1, 0.15) is 23.1 Å². The van der Waals surface area contributed by atoms with Crippen molar-refractivity contribution in [3.63, 3.8) is 0 Å². The minimum Gasteiger partial charge on any atom is -0.491 e. The topological polar surface area (TPSA) is 56.8 Å². The average Bonchev–Trinajstić information content (AvgIpc) is 2.66. The summed E-state index contributed by atoms with van der Waals surface area (Å²) in [5.41, 5.74) is 3.32. The van der Waals surface area contributed by atoms with E-state index in [2.05, 4.69) is 11.4 Å². The Morgan fingerprint density at radius 1 is 1.08 bits per heavy atom. The molecular weight excluding hydrogens is 330 g/mol. The summed E-state index contributed by atoms with van der Waals surface area (Å²) in [6, 6.07) is 11.9. The summed E-state index contributed by atoms with van der Waals surface area (Å²) < 4.78 is 16.8. The molecule has 2 aromatic rings. The van der Waals surface area contributed by atoms with E-state index >= 15 is 0 Å². The molecule has 26 heavy (non-hydrogen) atoms. The van der Waals surface area contributed by atoms with Crippen molar-refractivity contribution < 1.29 is 19.0 Å². The lowest BCUT2D eigenvalue weighted by Crippen LogP contribution is -2.28. The second kappa shape index (κ2) is 8.61. The van der Waals surface area contributed by atoms with Crippen LogP contribution >= 0.6 is 0 Å². The molecule has 0 aromatic heterocycles. The molecule has 138 valence electrons. The zero-order valence-electron chi connectivity index (χ0n) is 15.3. The molecule has 0 spiro atoms. The molecule has 0 atom stereocenters. The fourth-order valence-corrected chi connectivity index (χ4v) is 2.80. The SMILES string of the molecule is Cc1ccc(C)c(OCCNC(=O)CCc2ccc3c(c2)OCCO3)c1. The highest BCUT2D eigenvalue weighted by molar-refractivity contribution is 5.76. The Morgan fingerprint density at radius 3 is 2.73 bits per heavy atom. The number of aryl methyl sites for hydroxylation is 3. The van der Waals surface area contributed by atoms with Crippen molar-refractivity contribution in [2.75, 3.05) is 26.4 Å². The maximum Gasteiger partial charge on any atom is 0.220 e. The number of carbonyl (C=O) groups is 1. The number of carbonyl (C=O) groups excluding carboxylic acids is 1. The highest BCUT2D eigenvalue weighted by atomic mass is 16.6. The van der Waals surface area contributed by atoms with Crippen LogP contribution in [0.2, 0.25) is 0 Å². The maximum atomic E-state index is 12.0. The standard InChI is InChI=1S/C21H25NO4/c1-15-3-4-16(2)19(13-15)24-10-9-22-21(23)8-6-17-5-7-18-20(14-17)26-12-11-25-18/h3-5,7,13-14H,6,8-12H2,1-2H3,(H,22,23). The number of benzene rings is 2. The first-order valence-corrected chi connectivity index (χ1v) is 8.97. The van der Waals surface area contributed by atoms with Gasteiger partial charge in [0.2, 0.25) is 5.91 Å². The molecular formula is C21H25NO4. The molecule has 0 saturated heterocycles. The van der Waals surface area contributed by atoms with E-state index < -0.39 is 0 Å². The highest BCUT2D eigenvalue weighted by Crippen LogP contribution is 2.31. The molecule has 3 rings (SSSR count). The Bertz CT molecular complexity index is 773. The molecule has 0 aliphatic carbocycles. The first-order chi connectivity index (χ1) is 12.6. The van der Waals surface area contributed by atoms with Gasteiger partial charge in [0.15, 0.2) is 11.5 Å². The quantitative estimate of drug-likeness (QED) is 0.775. The van der Waals surface area contributed by atoms with Gasteiger partial charge in [-0.2, -0.15) is 0 Å². The van der Waals surface area contributed by atoms with Gasteiger partial charge in [-0.1, -0.05) is 18.2 Å². The summed E-state index contributed by atoms with van der Waals surface area (Å²) in [6.45, 7) is 6.15. The number of fused-ring (bicyclic) bond motifs is 1. The van der Waals surface area contributed by atoms with Crippen molar-refractivity contribution in [2.24, 2.45) is 0 Å². The molecule has 5 nitrogen and oxygen atoms in total. The first-order valence-electron chi connectivity index (χ1n) is 8.97. The number of nitrogens with one attached hydrogen (secondary N) is 1. The predicted molar refractivity (Wildman–Crippen MR) is 100 cm³/mol. The van der Waals surface area contributed by atoms with Crippen molar-refractivity contribution in [1.82, 2.24) is 5.32 Å². The third-order valence-corrected chi connectivity index (χ3v) is 4.27. The molecule has 1 aliphatic rings. The Balaban J connectivity index is 1.38. The third kappa shape index (κ3) is 4.91. The molecule has 0 fully saturated rings. The van der Waals surface area contributed by atoms with E-state index in [1.54, 1.807) is 0 Å². The molecule has 2 aromatic carbocycles. The van der Waals surface area contributed by atoms with Crippen LogP contribution in [0.4, 0.5) is 0 Å². The molecule has 1 heterocycles. The molecule has 0 bridgehead atoms. The second-order valence-electron chi connectivity index (χ2n) is 6.45. The van der Waals surface area contributed by atoms with Gasteiger partial charge in [-0.05, 0) is 55.2 Å². The zero-order chi connectivity index (χ0) is 18.4. The van der Waals surface area contributed by atoms with E-state index in [0.717, 1.165) is 33.9 Å². The lowest BCUT2D eigenvalue weighted by Gasteiger charge is -2.18. The van der Waals surface area contributed by atoms with Gasteiger partial charge >= 0.3 is 0 Å². The summed E-state index contributed by atoms with van der Waals surface area (Å²) in [5, 5.41) is 2.90. The van der Waals surface area contributed by atoms with Gasteiger partial charge in [0.25, 0.3) is 0 Å². The average molecular weight is 355 g/mol. The highest BCUT2D eigenvalue weighted by Gasteiger charge is 2.12. The van der Waals surface area contributed by atoms with Crippen LogP contribution in [0.3, 0.4) is 0 Å². The number of ether oxygens (including phenoxy) is 3. The maximum absolute atomic E-state index is 12.0. The van der Waals surface area contributed by atoms with Crippen LogP contribution in [0, 0.1) is 13.8 Å². The van der Waals surface area contributed by atoms with E-state index in [-0.39, 0.29) is 5.91 Å². The number of rotatable bonds is 7. The minimum absolute atomic E-state index is 0.0180. The molecule has 1 amide bonds. The van der Waals surface area contributed by atoms with Crippen LogP contribution in [-0.2, 0) is 11.2 Å². The van der Waals surface area contributed by atoms with Crippen LogP contribution in [0.15, 0.2) is 36.4 Å². The minimum atomic E-state index is 0.0180. The number of hydrogen-bond donors (Lipinski definition) is 1. The van der Waals surface area contributed by atoms with Gasteiger partial charge in [0, 0.05) is 6.42 Å². The van der Waals surface area contributed by atoms with Gasteiger partial charge in [-0.3, -0.25) is 4.79 Å². The molecule has 0 saturated carbocycles. The summed E-state index contributed by atoms with van der Waals surface area (Å²) in [6.07, 6.45) is 1.10. The lowest BCUT2D eigenvalue weighted by molar-refractivity contribution is -0.121. The Hall–Kier alpha value is -2.69. The summed E-state index contributed by atoms with van der Waals surface area (Å²) in [5.74, 6) is 2.42. The van der Waals surface area contributed by atoms with Crippen LogP contribution < -0.4 is 19.5 Å². The first kappa shape index (κ1) is 18.1. The van der Waals surface area contributed by atoms with E-state index in [1.165, 1.54) is 0 Å². The van der Waals surface area contributed by atoms with E-state index in [9.17, 15) is 4.79 Å².